The highest BCUT2D eigenvalue weighted by Crippen LogP contribution is 2.39. The summed E-state index contributed by atoms with van der Waals surface area (Å²) in [5.41, 5.74) is 12.7. The summed E-state index contributed by atoms with van der Waals surface area (Å²) >= 11 is 0. The van der Waals surface area contributed by atoms with Crippen LogP contribution in [0.2, 0.25) is 0 Å². The standard InChI is InChI=1S/C11H16N2O3.2ClH/c12-4-6-3-8-7(10(5-13)16-6)1-2-9(14)11(8)15;;/h1-2,6,10,14-15H,3-5,12-13H2;2*1H. The van der Waals surface area contributed by atoms with Gasteiger partial charge in [-0.3, -0.25) is 0 Å². The number of ether oxygens (including phenoxy) is 1. The van der Waals surface area contributed by atoms with Gasteiger partial charge < -0.3 is 26.4 Å². The molecule has 18 heavy (non-hydrogen) atoms. The number of rotatable bonds is 2. The molecule has 104 valence electrons. The minimum absolute atomic E-state index is 0. The molecule has 2 unspecified atom stereocenters. The average Bonchev–Trinajstić information content (AvgIpc) is 2.32. The monoisotopic (exact) mass is 296 g/mol. The van der Waals surface area contributed by atoms with E-state index in [9.17, 15) is 10.2 Å². The third-order valence-corrected chi connectivity index (χ3v) is 2.91. The van der Waals surface area contributed by atoms with Crippen LogP contribution >= 0.6 is 24.8 Å². The van der Waals surface area contributed by atoms with Gasteiger partial charge in [0.05, 0.1) is 12.2 Å². The van der Waals surface area contributed by atoms with Crippen LogP contribution in [0.5, 0.6) is 11.5 Å². The van der Waals surface area contributed by atoms with Crippen LogP contribution < -0.4 is 11.5 Å². The van der Waals surface area contributed by atoms with Gasteiger partial charge in [0, 0.05) is 25.1 Å². The van der Waals surface area contributed by atoms with Crippen molar-refractivity contribution >= 4 is 24.8 Å². The molecule has 0 spiro atoms. The predicted octanol–water partition coefficient (Wildman–Crippen LogP) is 0.841. The van der Waals surface area contributed by atoms with Gasteiger partial charge in [0.2, 0.25) is 0 Å². The van der Waals surface area contributed by atoms with Crippen molar-refractivity contribution in [1.82, 2.24) is 0 Å². The molecular formula is C11H18Cl2N2O3. The van der Waals surface area contributed by atoms with Crippen LogP contribution in [0.4, 0.5) is 0 Å². The second-order valence-electron chi connectivity index (χ2n) is 3.92. The molecule has 1 aliphatic heterocycles. The van der Waals surface area contributed by atoms with Crippen molar-refractivity contribution in [3.05, 3.63) is 23.3 Å². The Bertz CT molecular complexity index is 404. The molecular weight excluding hydrogens is 279 g/mol. The molecule has 0 bridgehead atoms. The summed E-state index contributed by atoms with van der Waals surface area (Å²) in [6.45, 7) is 0.693. The number of phenols is 2. The number of nitrogens with two attached hydrogens (primary N) is 2. The lowest BCUT2D eigenvalue weighted by Gasteiger charge is -2.31. The maximum Gasteiger partial charge on any atom is 0.161 e. The zero-order valence-corrected chi connectivity index (χ0v) is 11.3. The number of phenolic OH excluding ortho intramolecular Hbond substituents is 2. The molecule has 0 aliphatic carbocycles. The van der Waals surface area contributed by atoms with Gasteiger partial charge in [-0.2, -0.15) is 0 Å². The summed E-state index contributed by atoms with van der Waals surface area (Å²) in [6, 6.07) is 3.18. The van der Waals surface area contributed by atoms with Gasteiger partial charge >= 0.3 is 0 Å². The third kappa shape index (κ3) is 2.99. The normalized spacial score (nSPS) is 21.4. The summed E-state index contributed by atoms with van der Waals surface area (Å²) in [5, 5.41) is 19.2. The van der Waals surface area contributed by atoms with Crippen LogP contribution in [-0.2, 0) is 11.2 Å². The molecule has 7 heteroatoms. The molecule has 0 aromatic heterocycles. The molecule has 1 aromatic rings. The van der Waals surface area contributed by atoms with Crippen LogP contribution in [0.15, 0.2) is 12.1 Å². The van der Waals surface area contributed by atoms with Crippen molar-refractivity contribution in [1.29, 1.82) is 0 Å². The van der Waals surface area contributed by atoms with E-state index in [1.165, 1.54) is 6.07 Å². The van der Waals surface area contributed by atoms with Crippen molar-refractivity contribution in [3.8, 4) is 11.5 Å². The number of benzene rings is 1. The van der Waals surface area contributed by atoms with E-state index in [1.54, 1.807) is 6.07 Å². The minimum Gasteiger partial charge on any atom is -0.504 e. The fourth-order valence-electron chi connectivity index (χ4n) is 2.06. The largest absolute Gasteiger partial charge is 0.504 e. The predicted molar refractivity (Wildman–Crippen MR) is 73.7 cm³/mol. The van der Waals surface area contributed by atoms with Gasteiger partial charge in [-0.1, -0.05) is 6.07 Å². The molecule has 2 rings (SSSR count). The average molecular weight is 297 g/mol. The zero-order chi connectivity index (χ0) is 11.7. The number of hydrogen-bond acceptors (Lipinski definition) is 5. The van der Waals surface area contributed by atoms with Crippen molar-refractivity contribution < 1.29 is 14.9 Å². The molecule has 0 fully saturated rings. The summed E-state index contributed by atoms with van der Waals surface area (Å²) in [4.78, 5) is 0. The van der Waals surface area contributed by atoms with Gasteiger partial charge in [0.25, 0.3) is 0 Å². The van der Waals surface area contributed by atoms with E-state index in [1.807, 2.05) is 0 Å². The molecule has 2 atom stereocenters. The Morgan fingerprint density at radius 2 is 1.83 bits per heavy atom. The van der Waals surface area contributed by atoms with Crippen LogP contribution in [0.3, 0.4) is 0 Å². The lowest BCUT2D eigenvalue weighted by Crippen LogP contribution is -2.35. The topological polar surface area (TPSA) is 102 Å². The van der Waals surface area contributed by atoms with Crippen LogP contribution in [0.25, 0.3) is 0 Å². The second-order valence-corrected chi connectivity index (χ2v) is 3.92. The maximum atomic E-state index is 9.78. The van der Waals surface area contributed by atoms with Crippen LogP contribution in [0.1, 0.15) is 17.2 Å². The van der Waals surface area contributed by atoms with Crippen molar-refractivity contribution in [3.63, 3.8) is 0 Å². The van der Waals surface area contributed by atoms with Gasteiger partial charge in [-0.25, -0.2) is 0 Å². The van der Waals surface area contributed by atoms with E-state index in [-0.39, 0.29) is 48.5 Å². The summed E-state index contributed by atoms with van der Waals surface area (Å²) in [6.07, 6.45) is 0.0836. The molecule has 0 saturated carbocycles. The molecule has 6 N–H and O–H groups in total. The van der Waals surface area contributed by atoms with Crippen LogP contribution in [-0.4, -0.2) is 29.4 Å². The molecule has 0 amide bonds. The van der Waals surface area contributed by atoms with Gasteiger partial charge in [0.15, 0.2) is 11.5 Å². The van der Waals surface area contributed by atoms with Crippen molar-refractivity contribution in [2.24, 2.45) is 11.5 Å². The van der Waals surface area contributed by atoms with Crippen molar-refractivity contribution in [2.45, 2.75) is 18.6 Å². The minimum atomic E-state index is -0.260. The smallest absolute Gasteiger partial charge is 0.161 e. The Labute approximate surface area is 118 Å². The first kappa shape index (κ1) is 17.3. The van der Waals surface area contributed by atoms with Gasteiger partial charge in [-0.05, 0) is 11.6 Å². The first-order valence-electron chi connectivity index (χ1n) is 5.26. The van der Waals surface area contributed by atoms with E-state index in [0.29, 0.717) is 25.1 Å². The first-order valence-corrected chi connectivity index (χ1v) is 5.26. The van der Waals surface area contributed by atoms with Crippen LogP contribution in [0, 0.1) is 0 Å². The number of fused-ring (bicyclic) bond motifs is 1. The molecule has 1 heterocycles. The summed E-state index contributed by atoms with van der Waals surface area (Å²) in [7, 11) is 0. The highest BCUT2D eigenvalue weighted by atomic mass is 35.5. The fraction of sp³-hybridized carbons (Fsp3) is 0.455. The molecule has 1 aliphatic rings. The van der Waals surface area contributed by atoms with E-state index >= 15 is 0 Å². The van der Waals surface area contributed by atoms with Gasteiger partial charge in [-0.15, -0.1) is 24.8 Å². The lowest BCUT2D eigenvalue weighted by molar-refractivity contribution is -0.0160. The van der Waals surface area contributed by atoms with Crippen molar-refractivity contribution in [2.75, 3.05) is 13.1 Å². The molecule has 0 radical (unpaired) electrons. The quantitative estimate of drug-likeness (QED) is 0.606. The zero-order valence-electron chi connectivity index (χ0n) is 9.70. The van der Waals surface area contributed by atoms with Gasteiger partial charge in [0.1, 0.15) is 0 Å². The van der Waals surface area contributed by atoms with E-state index in [0.717, 1.165) is 5.56 Å². The maximum absolute atomic E-state index is 9.78. The Morgan fingerprint density at radius 1 is 1.17 bits per heavy atom. The lowest BCUT2D eigenvalue weighted by atomic mass is 9.93. The number of aromatic hydroxyl groups is 2. The van der Waals surface area contributed by atoms with E-state index < -0.39 is 0 Å². The third-order valence-electron chi connectivity index (χ3n) is 2.91. The molecule has 0 saturated heterocycles. The molecule has 5 nitrogen and oxygen atoms in total. The molecule has 1 aromatic carbocycles. The summed E-state index contributed by atoms with van der Waals surface area (Å²) < 4.78 is 5.66. The second kappa shape index (κ2) is 7.01. The highest BCUT2D eigenvalue weighted by Gasteiger charge is 2.28. The first-order chi connectivity index (χ1) is 7.67. The van der Waals surface area contributed by atoms with E-state index in [4.69, 9.17) is 16.2 Å². The Hall–Kier alpha value is -0.720. The van der Waals surface area contributed by atoms with E-state index in [2.05, 4.69) is 0 Å². The number of halogens is 2. The fourth-order valence-corrected chi connectivity index (χ4v) is 2.06. The SMILES string of the molecule is Cl.Cl.NCC1Cc2c(ccc(O)c2O)C(CN)O1. The number of hydrogen-bond donors (Lipinski definition) is 4. The Kier molecular flexibility index (Phi) is 6.73. The Balaban J connectivity index is 0.00000144. The Morgan fingerprint density at radius 3 is 2.39 bits per heavy atom. The summed E-state index contributed by atoms with van der Waals surface area (Å²) in [5.74, 6) is -0.204. The highest BCUT2D eigenvalue weighted by molar-refractivity contribution is 5.85.